The zero-order valence-electron chi connectivity index (χ0n) is 4.94. The van der Waals surface area contributed by atoms with E-state index in [1.165, 1.54) is 0 Å². The summed E-state index contributed by atoms with van der Waals surface area (Å²) in [4.78, 5) is 0. The lowest BCUT2D eigenvalue weighted by Gasteiger charge is -2.04. The molecule has 0 heterocycles. The highest BCUT2D eigenvalue weighted by atomic mass is 35.5. The molecule has 0 saturated carbocycles. The maximum atomic E-state index is 5.48. The second-order valence-electron chi connectivity index (χ2n) is 1.83. The molecule has 0 bridgehead atoms. The van der Waals surface area contributed by atoms with E-state index < -0.39 is 0 Å². The maximum Gasteiger partial charge on any atom is 0.0224 e. The van der Waals surface area contributed by atoms with E-state index in [9.17, 15) is 0 Å². The van der Waals surface area contributed by atoms with E-state index in [0.717, 1.165) is 12.8 Å². The Morgan fingerprint density at radius 3 is 2.50 bits per heavy atom. The smallest absolute Gasteiger partial charge is 0.0224 e. The lowest BCUT2D eigenvalue weighted by Crippen LogP contribution is -2.29. The van der Waals surface area contributed by atoms with Gasteiger partial charge in [0, 0.05) is 18.5 Å². The van der Waals surface area contributed by atoms with Crippen LogP contribution in [0.5, 0.6) is 0 Å². The Bertz CT molecular complexity index is 49.7. The lowest BCUT2D eigenvalue weighted by atomic mass is 10.2. The molecule has 50 valence electrons. The molecule has 0 aromatic carbocycles. The summed E-state index contributed by atoms with van der Waals surface area (Å²) in [6.07, 6.45) is 1.92. The summed E-state index contributed by atoms with van der Waals surface area (Å²) >= 11 is 5.41. The van der Waals surface area contributed by atoms with Crippen molar-refractivity contribution in [3.8, 4) is 0 Å². The number of alkyl halides is 1. The zero-order valence-corrected chi connectivity index (χ0v) is 5.69. The van der Waals surface area contributed by atoms with Crippen LogP contribution >= 0.6 is 11.6 Å². The van der Waals surface area contributed by atoms with Gasteiger partial charge in [-0.2, -0.15) is 0 Å². The van der Waals surface area contributed by atoms with Crippen molar-refractivity contribution in [1.29, 1.82) is 0 Å². The standard InChI is InChI=1S/C5H13ClN2/c6-3-1-2-5(8)4-7/h5H,1-4,7-8H2. The number of halogens is 1. The van der Waals surface area contributed by atoms with Crippen LogP contribution in [-0.4, -0.2) is 18.5 Å². The molecule has 0 aliphatic rings. The minimum absolute atomic E-state index is 0.147. The van der Waals surface area contributed by atoms with Crippen LogP contribution in [0.3, 0.4) is 0 Å². The molecular weight excluding hydrogens is 124 g/mol. The van der Waals surface area contributed by atoms with E-state index in [-0.39, 0.29) is 6.04 Å². The second-order valence-corrected chi connectivity index (χ2v) is 2.20. The van der Waals surface area contributed by atoms with Gasteiger partial charge in [0.05, 0.1) is 0 Å². The SMILES string of the molecule is NCC(N)CCCCl. The first-order valence-corrected chi connectivity index (χ1v) is 3.36. The third kappa shape index (κ3) is 4.37. The fourth-order valence-electron chi connectivity index (χ4n) is 0.457. The molecular formula is C5H13ClN2. The van der Waals surface area contributed by atoms with E-state index in [0.29, 0.717) is 12.4 Å². The molecule has 0 amide bonds. The molecule has 1 atom stereocenters. The Morgan fingerprint density at radius 2 is 2.12 bits per heavy atom. The summed E-state index contributed by atoms with van der Waals surface area (Å²) in [6.45, 7) is 0.566. The molecule has 1 unspecified atom stereocenters. The third-order valence-corrected chi connectivity index (χ3v) is 1.28. The van der Waals surface area contributed by atoms with Crippen molar-refractivity contribution in [3.05, 3.63) is 0 Å². The first kappa shape index (κ1) is 8.21. The van der Waals surface area contributed by atoms with Gasteiger partial charge in [0.25, 0.3) is 0 Å². The molecule has 0 aromatic rings. The normalized spacial score (nSPS) is 13.9. The summed E-state index contributed by atoms with van der Waals surface area (Å²) in [5.41, 5.74) is 10.7. The largest absolute Gasteiger partial charge is 0.329 e. The summed E-state index contributed by atoms with van der Waals surface area (Å²) in [5, 5.41) is 0. The molecule has 0 rings (SSSR count). The first-order valence-electron chi connectivity index (χ1n) is 2.83. The number of nitrogens with two attached hydrogens (primary N) is 2. The molecule has 0 saturated heterocycles. The first-order chi connectivity index (χ1) is 3.81. The summed E-state index contributed by atoms with van der Waals surface area (Å²) in [6, 6.07) is 0.147. The minimum atomic E-state index is 0.147. The molecule has 4 N–H and O–H groups in total. The average Bonchev–Trinajstić information content (AvgIpc) is 1.83. The van der Waals surface area contributed by atoms with E-state index in [2.05, 4.69) is 0 Å². The molecule has 3 heteroatoms. The molecule has 8 heavy (non-hydrogen) atoms. The van der Waals surface area contributed by atoms with Crippen molar-refractivity contribution in [2.24, 2.45) is 11.5 Å². The Kier molecular flexibility index (Phi) is 5.49. The van der Waals surface area contributed by atoms with Crippen LogP contribution in [0.2, 0.25) is 0 Å². The van der Waals surface area contributed by atoms with Crippen molar-refractivity contribution in [3.63, 3.8) is 0 Å². The van der Waals surface area contributed by atoms with Gasteiger partial charge < -0.3 is 11.5 Å². The molecule has 0 aromatic heterocycles. The molecule has 0 radical (unpaired) electrons. The van der Waals surface area contributed by atoms with Crippen LogP contribution in [0.1, 0.15) is 12.8 Å². The topological polar surface area (TPSA) is 52.0 Å². The molecule has 0 spiro atoms. The van der Waals surface area contributed by atoms with Gasteiger partial charge in [0.1, 0.15) is 0 Å². The molecule has 2 nitrogen and oxygen atoms in total. The lowest BCUT2D eigenvalue weighted by molar-refractivity contribution is 0.614. The van der Waals surface area contributed by atoms with Crippen LogP contribution in [0, 0.1) is 0 Å². The maximum absolute atomic E-state index is 5.48. The fourth-order valence-corrected chi connectivity index (χ4v) is 0.611. The van der Waals surface area contributed by atoms with Gasteiger partial charge in [-0.3, -0.25) is 0 Å². The van der Waals surface area contributed by atoms with Crippen molar-refractivity contribution in [2.75, 3.05) is 12.4 Å². The quantitative estimate of drug-likeness (QED) is 0.546. The predicted octanol–water partition coefficient (Wildman–Crippen LogP) is 0.291. The number of hydrogen-bond acceptors (Lipinski definition) is 2. The molecule has 0 fully saturated rings. The highest BCUT2D eigenvalue weighted by Crippen LogP contribution is 1.93. The van der Waals surface area contributed by atoms with Gasteiger partial charge in [0.2, 0.25) is 0 Å². The van der Waals surface area contributed by atoms with Crippen LogP contribution < -0.4 is 11.5 Å². The summed E-state index contributed by atoms with van der Waals surface area (Å²) in [5.74, 6) is 0.688. The van der Waals surface area contributed by atoms with E-state index in [4.69, 9.17) is 23.1 Å². The van der Waals surface area contributed by atoms with Crippen LogP contribution in [0.15, 0.2) is 0 Å². The van der Waals surface area contributed by atoms with E-state index >= 15 is 0 Å². The Balaban J connectivity index is 2.86. The Labute approximate surface area is 55.2 Å². The van der Waals surface area contributed by atoms with Crippen LogP contribution in [0.4, 0.5) is 0 Å². The predicted molar refractivity (Wildman–Crippen MR) is 37.0 cm³/mol. The fraction of sp³-hybridized carbons (Fsp3) is 1.00. The van der Waals surface area contributed by atoms with Gasteiger partial charge in [-0.05, 0) is 12.8 Å². The van der Waals surface area contributed by atoms with Gasteiger partial charge in [-0.25, -0.2) is 0 Å². The Morgan fingerprint density at radius 1 is 1.50 bits per heavy atom. The molecule has 0 aliphatic heterocycles. The van der Waals surface area contributed by atoms with Crippen molar-refractivity contribution in [2.45, 2.75) is 18.9 Å². The monoisotopic (exact) mass is 136 g/mol. The Hall–Kier alpha value is 0.210. The second kappa shape index (κ2) is 5.35. The van der Waals surface area contributed by atoms with Gasteiger partial charge >= 0.3 is 0 Å². The average molecular weight is 137 g/mol. The van der Waals surface area contributed by atoms with E-state index in [1.807, 2.05) is 0 Å². The number of rotatable bonds is 4. The highest BCUT2D eigenvalue weighted by Gasteiger charge is 1.95. The summed E-state index contributed by atoms with van der Waals surface area (Å²) < 4.78 is 0. The van der Waals surface area contributed by atoms with Gasteiger partial charge in [0.15, 0.2) is 0 Å². The number of hydrogen-bond donors (Lipinski definition) is 2. The van der Waals surface area contributed by atoms with Crippen molar-refractivity contribution >= 4 is 11.6 Å². The van der Waals surface area contributed by atoms with E-state index in [1.54, 1.807) is 0 Å². The highest BCUT2D eigenvalue weighted by molar-refractivity contribution is 6.17. The molecule has 0 aliphatic carbocycles. The minimum Gasteiger partial charge on any atom is -0.329 e. The zero-order chi connectivity index (χ0) is 6.41. The van der Waals surface area contributed by atoms with Gasteiger partial charge in [-0.15, -0.1) is 11.6 Å². The third-order valence-electron chi connectivity index (χ3n) is 1.01. The van der Waals surface area contributed by atoms with Crippen molar-refractivity contribution < 1.29 is 0 Å². The van der Waals surface area contributed by atoms with Gasteiger partial charge in [-0.1, -0.05) is 0 Å². The van der Waals surface area contributed by atoms with Crippen LogP contribution in [-0.2, 0) is 0 Å². The van der Waals surface area contributed by atoms with Crippen LogP contribution in [0.25, 0.3) is 0 Å². The van der Waals surface area contributed by atoms with Crippen molar-refractivity contribution in [1.82, 2.24) is 0 Å². The summed E-state index contributed by atoms with van der Waals surface area (Å²) in [7, 11) is 0.